The van der Waals surface area contributed by atoms with Crippen LogP contribution in [0.1, 0.15) is 10.6 Å². The van der Waals surface area contributed by atoms with E-state index in [0.717, 1.165) is 0 Å². The third-order valence-corrected chi connectivity index (χ3v) is 1.99. The molecule has 7 nitrogen and oxygen atoms in total. The third kappa shape index (κ3) is 4.68. The van der Waals surface area contributed by atoms with Gasteiger partial charge >= 0.3 is 5.97 Å². The molecule has 0 saturated heterocycles. The second-order valence-electron chi connectivity index (χ2n) is 2.91. The molecule has 0 radical (unpaired) electrons. The van der Waals surface area contributed by atoms with E-state index in [9.17, 15) is 14.4 Å². The third-order valence-electron chi connectivity index (χ3n) is 1.57. The van der Waals surface area contributed by atoms with Crippen molar-refractivity contribution in [1.29, 1.82) is 0 Å². The number of carbonyl (C=O) groups excluding carboxylic acids is 3. The Bertz CT molecular complexity index is 442. The van der Waals surface area contributed by atoms with Gasteiger partial charge in [0.1, 0.15) is 6.54 Å². The summed E-state index contributed by atoms with van der Waals surface area (Å²) in [5.74, 6) is -2.03. The summed E-state index contributed by atoms with van der Waals surface area (Å²) in [5, 5.41) is 2.26. The number of furan rings is 1. The van der Waals surface area contributed by atoms with Gasteiger partial charge in [-0.25, -0.2) is 0 Å². The van der Waals surface area contributed by atoms with Gasteiger partial charge in [-0.15, -0.1) is 0 Å². The first-order valence-corrected chi connectivity index (χ1v) is 5.26. The number of hydrogen-bond donors (Lipinski definition) is 2. The molecule has 17 heavy (non-hydrogen) atoms. The molecule has 0 aromatic carbocycles. The van der Waals surface area contributed by atoms with Crippen molar-refractivity contribution in [2.45, 2.75) is 0 Å². The zero-order valence-electron chi connectivity index (χ0n) is 8.57. The standard InChI is InChI=1S/C9H9BrN2O5/c10-6-2-1-5(17-6)9(15)12-3-8(14)16-4-7(11)13/h1-2H,3-4H2,(H2,11,13)(H,12,15). The fourth-order valence-electron chi connectivity index (χ4n) is 0.879. The maximum absolute atomic E-state index is 11.4. The molecule has 0 atom stereocenters. The van der Waals surface area contributed by atoms with E-state index in [1.165, 1.54) is 6.07 Å². The summed E-state index contributed by atoms with van der Waals surface area (Å²) in [6, 6.07) is 2.98. The highest BCUT2D eigenvalue weighted by molar-refractivity contribution is 9.10. The van der Waals surface area contributed by atoms with Gasteiger partial charge in [-0.2, -0.15) is 0 Å². The van der Waals surface area contributed by atoms with Gasteiger partial charge in [-0.1, -0.05) is 0 Å². The normalized spacial score (nSPS) is 9.71. The van der Waals surface area contributed by atoms with Crippen molar-refractivity contribution in [3.8, 4) is 0 Å². The summed E-state index contributed by atoms with van der Waals surface area (Å²) in [5.41, 5.74) is 4.77. The van der Waals surface area contributed by atoms with E-state index in [1.807, 2.05) is 0 Å². The van der Waals surface area contributed by atoms with E-state index < -0.39 is 24.4 Å². The van der Waals surface area contributed by atoms with Crippen molar-refractivity contribution in [2.24, 2.45) is 5.73 Å². The van der Waals surface area contributed by atoms with E-state index in [1.54, 1.807) is 6.07 Å². The average molecular weight is 305 g/mol. The van der Waals surface area contributed by atoms with Gasteiger partial charge in [0.05, 0.1) is 0 Å². The summed E-state index contributed by atoms with van der Waals surface area (Å²) in [4.78, 5) is 32.7. The van der Waals surface area contributed by atoms with Crippen LogP contribution >= 0.6 is 15.9 Å². The SMILES string of the molecule is NC(=O)COC(=O)CNC(=O)c1ccc(Br)o1. The van der Waals surface area contributed by atoms with Crippen molar-refractivity contribution in [1.82, 2.24) is 5.32 Å². The summed E-state index contributed by atoms with van der Waals surface area (Å²) in [6.07, 6.45) is 0. The van der Waals surface area contributed by atoms with Crippen molar-refractivity contribution in [3.63, 3.8) is 0 Å². The van der Waals surface area contributed by atoms with Gasteiger partial charge in [0.25, 0.3) is 11.8 Å². The number of hydrogen-bond acceptors (Lipinski definition) is 5. The van der Waals surface area contributed by atoms with Crippen LogP contribution in [-0.4, -0.2) is 30.9 Å². The molecule has 3 N–H and O–H groups in total. The topological polar surface area (TPSA) is 112 Å². The largest absolute Gasteiger partial charge is 0.454 e. The van der Waals surface area contributed by atoms with Crippen LogP contribution in [0.5, 0.6) is 0 Å². The first kappa shape index (κ1) is 13.2. The summed E-state index contributed by atoms with van der Waals surface area (Å²) < 4.78 is 9.78. The van der Waals surface area contributed by atoms with E-state index in [4.69, 9.17) is 10.2 Å². The molecule has 0 saturated carbocycles. The van der Waals surface area contributed by atoms with Gasteiger partial charge in [-0.05, 0) is 28.1 Å². The number of nitrogens with one attached hydrogen (secondary N) is 1. The number of carbonyl (C=O) groups is 3. The lowest BCUT2D eigenvalue weighted by molar-refractivity contribution is -0.146. The Kier molecular flexibility index (Phi) is 4.70. The molecular weight excluding hydrogens is 296 g/mol. The number of esters is 1. The van der Waals surface area contributed by atoms with E-state index in [2.05, 4.69) is 26.0 Å². The molecule has 0 unspecified atom stereocenters. The number of primary amides is 1. The first-order chi connectivity index (χ1) is 7.99. The van der Waals surface area contributed by atoms with Crippen molar-refractivity contribution in [3.05, 3.63) is 22.6 Å². The Balaban J connectivity index is 2.33. The Morgan fingerprint density at radius 2 is 2.12 bits per heavy atom. The average Bonchev–Trinajstić information content (AvgIpc) is 2.70. The monoisotopic (exact) mass is 304 g/mol. The Hall–Kier alpha value is -1.83. The lowest BCUT2D eigenvalue weighted by Gasteiger charge is -2.03. The van der Waals surface area contributed by atoms with E-state index in [0.29, 0.717) is 4.67 Å². The minimum atomic E-state index is -0.764. The van der Waals surface area contributed by atoms with E-state index >= 15 is 0 Å². The van der Waals surface area contributed by atoms with Crippen molar-refractivity contribution >= 4 is 33.7 Å². The Morgan fingerprint density at radius 3 is 2.65 bits per heavy atom. The van der Waals surface area contributed by atoms with Crippen LogP contribution in [0, 0.1) is 0 Å². The molecule has 0 aliphatic carbocycles. The molecule has 1 aromatic heterocycles. The van der Waals surface area contributed by atoms with Gasteiger partial charge in [0.2, 0.25) is 0 Å². The number of nitrogens with two attached hydrogens (primary N) is 1. The van der Waals surface area contributed by atoms with Crippen molar-refractivity contribution in [2.75, 3.05) is 13.2 Å². The zero-order valence-corrected chi connectivity index (χ0v) is 10.2. The molecule has 92 valence electrons. The first-order valence-electron chi connectivity index (χ1n) is 4.46. The number of ether oxygens (including phenoxy) is 1. The minimum Gasteiger partial charge on any atom is -0.454 e. The summed E-state index contributed by atoms with van der Waals surface area (Å²) in [6.45, 7) is -0.883. The maximum atomic E-state index is 11.4. The van der Waals surface area contributed by atoms with Crippen LogP contribution in [0.2, 0.25) is 0 Å². The highest BCUT2D eigenvalue weighted by Crippen LogP contribution is 2.13. The van der Waals surface area contributed by atoms with Crippen molar-refractivity contribution < 1.29 is 23.5 Å². The minimum absolute atomic E-state index is 0.0552. The van der Waals surface area contributed by atoms with Crippen LogP contribution in [0.4, 0.5) is 0 Å². The predicted octanol–water partition coefficient (Wildman–Crippen LogP) is -0.200. The van der Waals surface area contributed by atoms with Gasteiger partial charge in [-0.3, -0.25) is 14.4 Å². The van der Waals surface area contributed by atoms with Gasteiger partial charge in [0.15, 0.2) is 17.0 Å². The van der Waals surface area contributed by atoms with Crippen LogP contribution in [0.15, 0.2) is 21.2 Å². The molecule has 1 rings (SSSR count). The van der Waals surface area contributed by atoms with Gasteiger partial charge in [0, 0.05) is 0 Å². The molecule has 8 heteroatoms. The zero-order chi connectivity index (χ0) is 12.8. The fourth-order valence-corrected chi connectivity index (χ4v) is 1.19. The predicted molar refractivity (Wildman–Crippen MR) is 58.9 cm³/mol. The summed E-state index contributed by atoms with van der Waals surface area (Å²) >= 11 is 3.03. The molecule has 0 fully saturated rings. The molecular formula is C9H9BrN2O5. The molecule has 0 aliphatic heterocycles. The second-order valence-corrected chi connectivity index (χ2v) is 3.70. The van der Waals surface area contributed by atoms with Crippen LogP contribution in [-0.2, 0) is 14.3 Å². The molecule has 0 spiro atoms. The highest BCUT2D eigenvalue weighted by atomic mass is 79.9. The second kappa shape index (κ2) is 6.04. The quantitative estimate of drug-likeness (QED) is 0.732. The summed E-state index contributed by atoms with van der Waals surface area (Å²) in [7, 11) is 0. The molecule has 1 aromatic rings. The number of halogens is 1. The lowest BCUT2D eigenvalue weighted by Crippen LogP contribution is -2.32. The highest BCUT2D eigenvalue weighted by Gasteiger charge is 2.12. The smallest absolute Gasteiger partial charge is 0.325 e. The number of rotatable bonds is 5. The van der Waals surface area contributed by atoms with Gasteiger partial charge < -0.3 is 20.2 Å². The van der Waals surface area contributed by atoms with Crippen LogP contribution < -0.4 is 11.1 Å². The lowest BCUT2D eigenvalue weighted by atomic mass is 10.4. The molecule has 2 amide bonds. The molecule has 0 bridgehead atoms. The van der Waals surface area contributed by atoms with Crippen LogP contribution in [0.3, 0.4) is 0 Å². The van der Waals surface area contributed by atoms with E-state index in [-0.39, 0.29) is 12.3 Å². The maximum Gasteiger partial charge on any atom is 0.325 e. The Morgan fingerprint density at radius 1 is 1.41 bits per heavy atom. The molecule has 0 aliphatic rings. The fraction of sp³-hybridized carbons (Fsp3) is 0.222. The molecule has 1 heterocycles. The number of amides is 2. The Labute approximate surface area is 104 Å². The van der Waals surface area contributed by atoms with Crippen LogP contribution in [0.25, 0.3) is 0 Å².